The van der Waals surface area contributed by atoms with Crippen molar-refractivity contribution in [2.24, 2.45) is 17.3 Å². The van der Waals surface area contributed by atoms with Gasteiger partial charge >= 0.3 is 0 Å². The van der Waals surface area contributed by atoms with Gasteiger partial charge in [-0.2, -0.15) is 5.10 Å². The number of aromatic nitrogens is 3. The van der Waals surface area contributed by atoms with Gasteiger partial charge in [0.25, 0.3) is 0 Å². The molecule has 8 nitrogen and oxygen atoms in total. The molecule has 1 saturated heterocycles. The Morgan fingerprint density at radius 2 is 1.94 bits per heavy atom. The van der Waals surface area contributed by atoms with Gasteiger partial charge in [-0.3, -0.25) is 14.3 Å². The minimum absolute atomic E-state index is 0.0235. The zero-order valence-electron chi connectivity index (χ0n) is 19.7. The van der Waals surface area contributed by atoms with E-state index in [4.69, 9.17) is 4.74 Å². The van der Waals surface area contributed by atoms with Gasteiger partial charge in [0.1, 0.15) is 5.82 Å². The van der Waals surface area contributed by atoms with Crippen LogP contribution in [0, 0.1) is 24.2 Å². The number of anilines is 1. The fourth-order valence-electron chi connectivity index (χ4n) is 5.25. The van der Waals surface area contributed by atoms with E-state index in [0.717, 1.165) is 48.9 Å². The average Bonchev–Trinajstić information content (AvgIpc) is 3.23. The van der Waals surface area contributed by atoms with Crippen LogP contribution in [0.1, 0.15) is 50.8 Å². The maximum Gasteiger partial charge on any atom is 0.228 e. The second-order valence-electron chi connectivity index (χ2n) is 10.7. The number of aryl methyl sites for hydroxylation is 1. The summed E-state index contributed by atoms with van der Waals surface area (Å²) in [5, 5.41) is 10.7. The molecular weight excluding hydrogens is 418 g/mol. The maximum absolute atomic E-state index is 13.1. The summed E-state index contributed by atoms with van der Waals surface area (Å²) >= 11 is 0. The maximum atomic E-state index is 13.1. The van der Waals surface area contributed by atoms with E-state index in [9.17, 15) is 9.59 Å². The lowest BCUT2D eigenvalue weighted by Gasteiger charge is -2.32. The lowest BCUT2D eigenvalue weighted by molar-refractivity contribution is -0.140. The Hall–Kier alpha value is -2.74. The Balaban J connectivity index is 1.26. The van der Waals surface area contributed by atoms with Crippen LogP contribution in [-0.4, -0.2) is 45.8 Å². The molecule has 2 fully saturated rings. The van der Waals surface area contributed by atoms with Crippen LogP contribution in [-0.2, 0) is 27.3 Å². The first-order valence-electron chi connectivity index (χ1n) is 12.0. The first-order chi connectivity index (χ1) is 15.8. The highest BCUT2D eigenvalue weighted by Gasteiger charge is 2.33. The molecule has 176 valence electrons. The highest BCUT2D eigenvalue weighted by molar-refractivity contribution is 5.92. The zero-order chi connectivity index (χ0) is 23.2. The molecule has 1 aliphatic carbocycles. The topological polar surface area (TPSA) is 98.1 Å². The second-order valence-corrected chi connectivity index (χ2v) is 10.7. The van der Waals surface area contributed by atoms with E-state index >= 15 is 0 Å². The summed E-state index contributed by atoms with van der Waals surface area (Å²) < 4.78 is 7.21. The molecule has 2 N–H and O–H groups in total. The predicted molar refractivity (Wildman–Crippen MR) is 125 cm³/mol. The Labute approximate surface area is 194 Å². The van der Waals surface area contributed by atoms with Gasteiger partial charge in [0.05, 0.1) is 25.3 Å². The number of hydrogen-bond donors (Lipinski definition) is 2. The number of carbonyl (C=O) groups excluding carboxylic acids is 2. The molecule has 5 rings (SSSR count). The van der Waals surface area contributed by atoms with E-state index in [1.54, 1.807) is 0 Å². The van der Waals surface area contributed by atoms with Gasteiger partial charge in [-0.05, 0) is 55.2 Å². The normalized spacial score (nSPS) is 24.1. The van der Waals surface area contributed by atoms with Crippen molar-refractivity contribution in [3.8, 4) is 11.1 Å². The predicted octanol–water partition coefficient (Wildman–Crippen LogP) is 3.10. The van der Waals surface area contributed by atoms with E-state index in [2.05, 4.69) is 39.2 Å². The molecule has 4 heterocycles. The number of ether oxygens (including phenoxy) is 1. The first kappa shape index (κ1) is 22.1. The molecule has 0 bridgehead atoms. The second kappa shape index (κ2) is 8.56. The fourth-order valence-corrected chi connectivity index (χ4v) is 5.25. The van der Waals surface area contributed by atoms with E-state index in [1.807, 2.05) is 25.4 Å². The van der Waals surface area contributed by atoms with Crippen LogP contribution in [0.25, 0.3) is 11.1 Å². The van der Waals surface area contributed by atoms with Gasteiger partial charge in [-0.15, -0.1) is 0 Å². The summed E-state index contributed by atoms with van der Waals surface area (Å²) in [4.78, 5) is 29.8. The summed E-state index contributed by atoms with van der Waals surface area (Å²) in [7, 11) is 0. The quantitative estimate of drug-likeness (QED) is 0.728. The van der Waals surface area contributed by atoms with E-state index < -0.39 is 0 Å². The van der Waals surface area contributed by atoms with Crippen molar-refractivity contribution in [1.82, 2.24) is 20.1 Å². The number of fused-ring (bicyclic) bond motifs is 1. The average molecular weight is 452 g/mol. The third-order valence-corrected chi connectivity index (χ3v) is 7.22. The van der Waals surface area contributed by atoms with Crippen molar-refractivity contribution in [2.75, 3.05) is 18.5 Å². The van der Waals surface area contributed by atoms with Crippen LogP contribution in [0.2, 0.25) is 0 Å². The molecule has 8 heteroatoms. The molecule has 0 radical (unpaired) electrons. The minimum atomic E-state index is -0.130. The number of hydrogen-bond acceptors (Lipinski definition) is 5. The van der Waals surface area contributed by atoms with E-state index in [0.29, 0.717) is 25.5 Å². The van der Waals surface area contributed by atoms with Gasteiger partial charge in [0.2, 0.25) is 11.8 Å². The van der Waals surface area contributed by atoms with Crippen molar-refractivity contribution in [3.63, 3.8) is 0 Å². The van der Waals surface area contributed by atoms with Gasteiger partial charge < -0.3 is 15.4 Å². The number of rotatable bonds is 5. The largest absolute Gasteiger partial charge is 0.380 e. The minimum Gasteiger partial charge on any atom is -0.380 e. The standard InChI is InChI=1S/C25H33N5O3/c1-15-10-26-22(8-19(15)20-11-27-30-14-25(2,3)9-21(20)30)29-23(31)16-5-4-6-18(7-16)28-24(32)17-12-33-13-17/h8,10-11,16-18H,4-7,9,12-14H2,1-3H3,(H,28,32)(H,26,29,31)/t16-,18+/m0/s1. The van der Waals surface area contributed by atoms with Crippen LogP contribution < -0.4 is 10.6 Å². The van der Waals surface area contributed by atoms with Crippen LogP contribution in [0.5, 0.6) is 0 Å². The number of nitrogens with zero attached hydrogens (tertiary/aromatic N) is 3. The number of carbonyl (C=O) groups is 2. The summed E-state index contributed by atoms with van der Waals surface area (Å²) in [5.74, 6) is 0.425. The Morgan fingerprint density at radius 1 is 1.12 bits per heavy atom. The monoisotopic (exact) mass is 451 g/mol. The molecule has 0 aromatic carbocycles. The molecule has 2 aliphatic heterocycles. The van der Waals surface area contributed by atoms with Gasteiger partial charge in [0.15, 0.2) is 0 Å². The smallest absolute Gasteiger partial charge is 0.228 e. The van der Waals surface area contributed by atoms with Gasteiger partial charge in [0, 0.05) is 36.0 Å². The molecule has 2 amide bonds. The Bertz CT molecular complexity index is 1070. The molecular formula is C25H33N5O3. The third kappa shape index (κ3) is 4.53. The van der Waals surface area contributed by atoms with Gasteiger partial charge in [-0.1, -0.05) is 20.3 Å². The third-order valence-electron chi connectivity index (χ3n) is 7.22. The van der Waals surface area contributed by atoms with Crippen LogP contribution >= 0.6 is 0 Å². The summed E-state index contributed by atoms with van der Waals surface area (Å²) in [6.07, 6.45) is 8.06. The number of pyridine rings is 1. The molecule has 2 atom stereocenters. The summed E-state index contributed by atoms with van der Waals surface area (Å²) in [6, 6.07) is 2.01. The molecule has 1 saturated carbocycles. The van der Waals surface area contributed by atoms with Crippen molar-refractivity contribution in [3.05, 3.63) is 29.7 Å². The summed E-state index contributed by atoms with van der Waals surface area (Å²) in [5.41, 5.74) is 4.70. The van der Waals surface area contributed by atoms with E-state index in [-0.39, 0.29) is 35.1 Å². The van der Waals surface area contributed by atoms with Crippen molar-refractivity contribution in [1.29, 1.82) is 0 Å². The molecule has 33 heavy (non-hydrogen) atoms. The lowest BCUT2D eigenvalue weighted by Crippen LogP contribution is -2.48. The van der Waals surface area contributed by atoms with Crippen LogP contribution in [0.4, 0.5) is 5.82 Å². The van der Waals surface area contributed by atoms with Crippen LogP contribution in [0.15, 0.2) is 18.5 Å². The molecule has 0 unspecified atom stereocenters. The Kier molecular flexibility index (Phi) is 5.72. The Morgan fingerprint density at radius 3 is 2.70 bits per heavy atom. The van der Waals surface area contributed by atoms with Crippen molar-refractivity contribution < 1.29 is 14.3 Å². The SMILES string of the molecule is Cc1cnc(NC(=O)[C@H]2CCC[C@@H](NC(=O)C3COC3)C2)cc1-c1cnn2c1CC(C)(C)C2. The highest BCUT2D eigenvalue weighted by atomic mass is 16.5. The number of nitrogens with one attached hydrogen (secondary N) is 2. The van der Waals surface area contributed by atoms with Crippen molar-refractivity contribution in [2.45, 2.75) is 65.5 Å². The molecule has 3 aliphatic rings. The van der Waals surface area contributed by atoms with Crippen molar-refractivity contribution >= 4 is 17.6 Å². The number of amides is 2. The first-order valence-corrected chi connectivity index (χ1v) is 12.0. The lowest BCUT2D eigenvalue weighted by atomic mass is 9.84. The molecule has 0 spiro atoms. The van der Waals surface area contributed by atoms with Gasteiger partial charge in [-0.25, -0.2) is 4.98 Å². The fraction of sp³-hybridized carbons (Fsp3) is 0.600. The van der Waals surface area contributed by atoms with Crippen LogP contribution in [0.3, 0.4) is 0 Å². The van der Waals surface area contributed by atoms with E-state index in [1.165, 1.54) is 5.69 Å². The summed E-state index contributed by atoms with van der Waals surface area (Å²) in [6.45, 7) is 8.49. The highest BCUT2D eigenvalue weighted by Crippen LogP contribution is 2.38. The zero-order valence-corrected chi connectivity index (χ0v) is 19.7. The molecule has 2 aromatic rings. The molecule has 2 aromatic heterocycles.